The second kappa shape index (κ2) is 6.09. The maximum Gasteiger partial charge on any atom is 0.238 e. The van der Waals surface area contributed by atoms with Gasteiger partial charge in [0.05, 0.1) is 6.04 Å². The number of hydrogen-bond acceptors (Lipinski definition) is 3. The van der Waals surface area contributed by atoms with Crippen LogP contribution in [0.2, 0.25) is 0 Å². The monoisotopic (exact) mass is 214 g/mol. The first-order valence-corrected chi connectivity index (χ1v) is 6.12. The highest BCUT2D eigenvalue weighted by atomic mass is 32.2. The zero-order valence-corrected chi connectivity index (χ0v) is 9.40. The van der Waals surface area contributed by atoms with Crippen molar-refractivity contribution in [3.8, 4) is 0 Å². The van der Waals surface area contributed by atoms with E-state index < -0.39 is 0 Å². The molecule has 1 amide bonds. The summed E-state index contributed by atoms with van der Waals surface area (Å²) < 4.78 is 0. The normalized spacial score (nSPS) is 23.9. The molecule has 1 rings (SSSR count). The van der Waals surface area contributed by atoms with E-state index in [0.29, 0.717) is 0 Å². The van der Waals surface area contributed by atoms with Gasteiger partial charge in [-0.2, -0.15) is 11.8 Å². The number of amides is 1. The SMILES string of the molecule is C=CCC(C)NC(=O)C1CSCCN1. The standard InChI is InChI=1S/C10H18N2OS/c1-3-4-8(2)12-10(13)9-7-14-6-5-11-9/h3,8-9,11H,1,4-7H2,2H3,(H,12,13). The Morgan fingerprint density at radius 1 is 1.86 bits per heavy atom. The summed E-state index contributed by atoms with van der Waals surface area (Å²) in [6.45, 7) is 6.57. The van der Waals surface area contributed by atoms with Gasteiger partial charge in [0.1, 0.15) is 0 Å². The molecule has 0 aliphatic carbocycles. The van der Waals surface area contributed by atoms with Crippen molar-refractivity contribution in [2.24, 2.45) is 0 Å². The fraction of sp³-hybridized carbons (Fsp3) is 0.700. The lowest BCUT2D eigenvalue weighted by atomic mass is 10.2. The Hall–Kier alpha value is -0.480. The van der Waals surface area contributed by atoms with Crippen molar-refractivity contribution < 1.29 is 4.79 Å². The van der Waals surface area contributed by atoms with Gasteiger partial charge in [0.2, 0.25) is 5.91 Å². The molecule has 0 aromatic heterocycles. The van der Waals surface area contributed by atoms with Gasteiger partial charge in [0.15, 0.2) is 0 Å². The van der Waals surface area contributed by atoms with Crippen LogP contribution in [-0.4, -0.2) is 36.0 Å². The third kappa shape index (κ3) is 3.72. The van der Waals surface area contributed by atoms with E-state index in [2.05, 4.69) is 17.2 Å². The van der Waals surface area contributed by atoms with Crippen molar-refractivity contribution in [3.05, 3.63) is 12.7 Å². The summed E-state index contributed by atoms with van der Waals surface area (Å²) in [7, 11) is 0. The Kier molecular flexibility index (Phi) is 5.04. The Balaban J connectivity index is 2.28. The van der Waals surface area contributed by atoms with Gasteiger partial charge < -0.3 is 10.6 Å². The molecule has 3 nitrogen and oxygen atoms in total. The van der Waals surface area contributed by atoms with Crippen LogP contribution in [0.3, 0.4) is 0 Å². The Labute approximate surface area is 89.7 Å². The average Bonchev–Trinajstić information content (AvgIpc) is 2.19. The maximum atomic E-state index is 11.7. The molecule has 0 aromatic carbocycles. The summed E-state index contributed by atoms with van der Waals surface area (Å²) in [5.74, 6) is 2.10. The number of carbonyl (C=O) groups is 1. The van der Waals surface area contributed by atoms with Gasteiger partial charge in [0.25, 0.3) is 0 Å². The van der Waals surface area contributed by atoms with E-state index in [1.165, 1.54) is 0 Å². The van der Waals surface area contributed by atoms with Gasteiger partial charge in [0, 0.05) is 24.1 Å². The molecule has 2 atom stereocenters. The summed E-state index contributed by atoms with van der Waals surface area (Å²) >= 11 is 1.83. The average molecular weight is 214 g/mol. The van der Waals surface area contributed by atoms with E-state index in [1.54, 1.807) is 0 Å². The third-order valence-corrected chi connectivity index (χ3v) is 3.21. The fourth-order valence-electron chi connectivity index (χ4n) is 1.39. The van der Waals surface area contributed by atoms with E-state index in [4.69, 9.17) is 0 Å². The highest BCUT2D eigenvalue weighted by molar-refractivity contribution is 7.99. The number of carbonyl (C=O) groups excluding carboxylic acids is 1. The lowest BCUT2D eigenvalue weighted by Crippen LogP contribution is -2.50. The van der Waals surface area contributed by atoms with Gasteiger partial charge in [-0.25, -0.2) is 0 Å². The third-order valence-electron chi connectivity index (χ3n) is 2.15. The summed E-state index contributed by atoms with van der Waals surface area (Å²) in [4.78, 5) is 11.7. The van der Waals surface area contributed by atoms with Crippen molar-refractivity contribution in [1.29, 1.82) is 0 Å². The summed E-state index contributed by atoms with van der Waals surface area (Å²) in [6.07, 6.45) is 2.65. The minimum absolute atomic E-state index is 0.0129. The molecule has 1 aliphatic rings. The number of hydrogen-bond donors (Lipinski definition) is 2. The van der Waals surface area contributed by atoms with Crippen LogP contribution in [0.5, 0.6) is 0 Å². The predicted octanol–water partition coefficient (Wildman–Crippen LogP) is 0.772. The number of nitrogens with one attached hydrogen (secondary N) is 2. The van der Waals surface area contributed by atoms with Crippen molar-refractivity contribution in [3.63, 3.8) is 0 Å². The minimum Gasteiger partial charge on any atom is -0.352 e. The lowest BCUT2D eigenvalue weighted by Gasteiger charge is -2.23. The van der Waals surface area contributed by atoms with Crippen LogP contribution >= 0.6 is 11.8 Å². The van der Waals surface area contributed by atoms with Gasteiger partial charge in [-0.3, -0.25) is 4.79 Å². The van der Waals surface area contributed by atoms with E-state index in [0.717, 1.165) is 24.5 Å². The van der Waals surface area contributed by atoms with Crippen LogP contribution in [0, 0.1) is 0 Å². The van der Waals surface area contributed by atoms with E-state index in [-0.39, 0.29) is 18.0 Å². The van der Waals surface area contributed by atoms with Crippen molar-refractivity contribution in [1.82, 2.24) is 10.6 Å². The molecule has 14 heavy (non-hydrogen) atoms. The Morgan fingerprint density at radius 3 is 3.21 bits per heavy atom. The number of thioether (sulfide) groups is 1. The highest BCUT2D eigenvalue weighted by Gasteiger charge is 2.21. The highest BCUT2D eigenvalue weighted by Crippen LogP contribution is 2.07. The molecule has 2 unspecified atom stereocenters. The van der Waals surface area contributed by atoms with Crippen molar-refractivity contribution in [2.45, 2.75) is 25.4 Å². The number of rotatable bonds is 4. The zero-order valence-electron chi connectivity index (χ0n) is 8.58. The Bertz CT molecular complexity index is 202. The molecule has 1 aliphatic heterocycles. The largest absolute Gasteiger partial charge is 0.352 e. The van der Waals surface area contributed by atoms with Gasteiger partial charge in [-0.05, 0) is 13.3 Å². The van der Waals surface area contributed by atoms with Crippen LogP contribution in [0.25, 0.3) is 0 Å². The van der Waals surface area contributed by atoms with E-state index >= 15 is 0 Å². The molecule has 0 saturated carbocycles. The van der Waals surface area contributed by atoms with E-state index in [9.17, 15) is 4.79 Å². The van der Waals surface area contributed by atoms with Gasteiger partial charge >= 0.3 is 0 Å². The summed E-state index contributed by atoms with van der Waals surface area (Å²) in [5, 5.41) is 6.17. The molecule has 0 spiro atoms. The molecule has 4 heteroatoms. The lowest BCUT2D eigenvalue weighted by molar-refractivity contribution is -0.123. The molecule has 0 aromatic rings. The topological polar surface area (TPSA) is 41.1 Å². The second-order valence-corrected chi connectivity index (χ2v) is 4.67. The molecule has 80 valence electrons. The fourth-order valence-corrected chi connectivity index (χ4v) is 2.32. The molecular weight excluding hydrogens is 196 g/mol. The smallest absolute Gasteiger partial charge is 0.238 e. The zero-order chi connectivity index (χ0) is 10.4. The molecule has 1 fully saturated rings. The molecule has 0 bridgehead atoms. The van der Waals surface area contributed by atoms with Crippen molar-refractivity contribution >= 4 is 17.7 Å². The van der Waals surface area contributed by atoms with Gasteiger partial charge in [-0.15, -0.1) is 6.58 Å². The maximum absolute atomic E-state index is 11.7. The predicted molar refractivity (Wildman–Crippen MR) is 61.5 cm³/mol. The van der Waals surface area contributed by atoms with Gasteiger partial charge in [-0.1, -0.05) is 6.08 Å². The molecule has 1 heterocycles. The molecule has 1 saturated heterocycles. The van der Waals surface area contributed by atoms with Crippen LogP contribution in [0.4, 0.5) is 0 Å². The first-order chi connectivity index (χ1) is 6.74. The Morgan fingerprint density at radius 2 is 2.64 bits per heavy atom. The van der Waals surface area contributed by atoms with Crippen LogP contribution < -0.4 is 10.6 Å². The minimum atomic E-state index is -0.0129. The van der Waals surface area contributed by atoms with Crippen LogP contribution in [0.15, 0.2) is 12.7 Å². The van der Waals surface area contributed by atoms with Crippen LogP contribution in [0.1, 0.15) is 13.3 Å². The summed E-state index contributed by atoms with van der Waals surface area (Å²) in [5.41, 5.74) is 0. The quantitative estimate of drug-likeness (QED) is 0.679. The summed E-state index contributed by atoms with van der Waals surface area (Å²) in [6, 6.07) is 0.176. The first kappa shape index (κ1) is 11.6. The van der Waals surface area contributed by atoms with Crippen molar-refractivity contribution in [2.75, 3.05) is 18.1 Å². The molecular formula is C10H18N2OS. The van der Waals surface area contributed by atoms with Crippen LogP contribution in [-0.2, 0) is 4.79 Å². The first-order valence-electron chi connectivity index (χ1n) is 4.96. The second-order valence-electron chi connectivity index (χ2n) is 3.52. The molecule has 2 N–H and O–H groups in total. The van der Waals surface area contributed by atoms with E-state index in [1.807, 2.05) is 24.8 Å². The molecule has 0 radical (unpaired) electrons.